The topological polar surface area (TPSA) is 52.6 Å². The van der Waals surface area contributed by atoms with Gasteiger partial charge in [-0.3, -0.25) is 9.59 Å². The maximum atomic E-state index is 11.5. The van der Waals surface area contributed by atoms with Gasteiger partial charge in [-0.1, -0.05) is 91.4 Å². The molecule has 0 saturated heterocycles. The first kappa shape index (κ1) is 27.9. The third-order valence-electron chi connectivity index (χ3n) is 5.35. The molecular weight excluding hydrogens is 364 g/mol. The van der Waals surface area contributed by atoms with Crippen molar-refractivity contribution in [1.82, 2.24) is 0 Å². The molecule has 0 N–H and O–H groups in total. The van der Waals surface area contributed by atoms with E-state index in [1.165, 1.54) is 64.2 Å². The molecule has 172 valence electrons. The van der Waals surface area contributed by atoms with Gasteiger partial charge in [0.25, 0.3) is 0 Å². The van der Waals surface area contributed by atoms with E-state index in [1.807, 2.05) is 13.8 Å². The third kappa shape index (κ3) is 21.5. The summed E-state index contributed by atoms with van der Waals surface area (Å²) in [6.45, 7) is 7.41. The van der Waals surface area contributed by atoms with Crippen molar-refractivity contribution in [2.75, 3.05) is 13.2 Å². The fraction of sp³-hybridized carbons (Fsp3) is 0.920. The average molecular weight is 413 g/mol. The maximum absolute atomic E-state index is 11.5. The highest BCUT2D eigenvalue weighted by Crippen LogP contribution is 2.17. The second-order valence-corrected chi connectivity index (χ2v) is 8.51. The lowest BCUT2D eigenvalue weighted by atomic mass is 9.97. The predicted molar refractivity (Wildman–Crippen MR) is 121 cm³/mol. The van der Waals surface area contributed by atoms with Crippen LogP contribution in [0.1, 0.15) is 130 Å². The van der Waals surface area contributed by atoms with Crippen LogP contribution in [0.4, 0.5) is 0 Å². The number of hydrogen-bond donors (Lipinski definition) is 0. The molecule has 29 heavy (non-hydrogen) atoms. The second kappa shape index (κ2) is 21.6. The Morgan fingerprint density at radius 3 is 1.48 bits per heavy atom. The molecule has 1 atom stereocenters. The summed E-state index contributed by atoms with van der Waals surface area (Å²) in [7, 11) is 0. The largest absolute Gasteiger partial charge is 0.466 e. The van der Waals surface area contributed by atoms with Gasteiger partial charge in [-0.2, -0.15) is 0 Å². The predicted octanol–water partition coefficient (Wildman–Crippen LogP) is 7.38. The molecule has 0 aromatic heterocycles. The number of ether oxygens (including phenoxy) is 2. The van der Waals surface area contributed by atoms with Crippen molar-refractivity contribution in [2.24, 2.45) is 5.92 Å². The number of hydrogen-bond acceptors (Lipinski definition) is 4. The number of unbranched alkanes of at least 4 members (excludes halogenated alkanes) is 10. The molecule has 0 aromatic carbocycles. The van der Waals surface area contributed by atoms with E-state index in [2.05, 4.69) is 6.92 Å². The van der Waals surface area contributed by atoms with Crippen molar-refractivity contribution in [3.8, 4) is 0 Å². The SMILES string of the molecule is CCCOC(=O)CCCCCCCCCCCCCC(C)CCC(=O)OCCC. The molecule has 0 heterocycles. The average Bonchev–Trinajstić information content (AvgIpc) is 2.72. The fourth-order valence-electron chi connectivity index (χ4n) is 3.44. The molecule has 4 heteroatoms. The van der Waals surface area contributed by atoms with E-state index < -0.39 is 0 Å². The monoisotopic (exact) mass is 412 g/mol. The minimum Gasteiger partial charge on any atom is -0.466 e. The van der Waals surface area contributed by atoms with Crippen LogP contribution in [0.15, 0.2) is 0 Å². The van der Waals surface area contributed by atoms with Gasteiger partial charge in [-0.15, -0.1) is 0 Å². The van der Waals surface area contributed by atoms with Gasteiger partial charge in [-0.05, 0) is 31.6 Å². The highest BCUT2D eigenvalue weighted by molar-refractivity contribution is 5.69. The molecule has 0 saturated carbocycles. The summed E-state index contributed by atoms with van der Waals surface area (Å²) in [4.78, 5) is 22.9. The van der Waals surface area contributed by atoms with Crippen LogP contribution in [-0.4, -0.2) is 25.2 Å². The van der Waals surface area contributed by atoms with Gasteiger partial charge in [-0.25, -0.2) is 0 Å². The van der Waals surface area contributed by atoms with Crippen LogP contribution in [0.2, 0.25) is 0 Å². The van der Waals surface area contributed by atoms with Gasteiger partial charge in [0, 0.05) is 12.8 Å². The van der Waals surface area contributed by atoms with Crippen molar-refractivity contribution in [3.63, 3.8) is 0 Å². The highest BCUT2D eigenvalue weighted by Gasteiger charge is 2.07. The lowest BCUT2D eigenvalue weighted by molar-refractivity contribution is -0.144. The Kier molecular flexibility index (Phi) is 20.9. The molecule has 0 bridgehead atoms. The molecule has 4 nitrogen and oxygen atoms in total. The zero-order valence-electron chi connectivity index (χ0n) is 19.6. The Hall–Kier alpha value is -1.06. The summed E-state index contributed by atoms with van der Waals surface area (Å²) in [6.07, 6.45) is 19.1. The van der Waals surface area contributed by atoms with Gasteiger partial charge in [0.05, 0.1) is 13.2 Å². The van der Waals surface area contributed by atoms with Crippen LogP contribution in [0.3, 0.4) is 0 Å². The lowest BCUT2D eigenvalue weighted by Gasteiger charge is -2.10. The molecule has 0 amide bonds. The van der Waals surface area contributed by atoms with E-state index in [-0.39, 0.29) is 11.9 Å². The number of carbonyl (C=O) groups is 2. The van der Waals surface area contributed by atoms with Crippen molar-refractivity contribution < 1.29 is 19.1 Å². The number of rotatable bonds is 21. The summed E-state index contributed by atoms with van der Waals surface area (Å²) in [5.74, 6) is 0.557. The molecule has 0 spiro atoms. The lowest BCUT2D eigenvalue weighted by Crippen LogP contribution is -2.07. The van der Waals surface area contributed by atoms with Gasteiger partial charge in [0.15, 0.2) is 0 Å². The van der Waals surface area contributed by atoms with Crippen LogP contribution in [0, 0.1) is 5.92 Å². The zero-order chi connectivity index (χ0) is 21.6. The van der Waals surface area contributed by atoms with Crippen molar-refractivity contribution in [3.05, 3.63) is 0 Å². The number of esters is 2. The summed E-state index contributed by atoms with van der Waals surface area (Å²) in [5.41, 5.74) is 0. The minimum absolute atomic E-state index is 0.0317. The Labute approximate surface area is 180 Å². The molecule has 0 aliphatic heterocycles. The minimum atomic E-state index is -0.0341. The fourth-order valence-corrected chi connectivity index (χ4v) is 3.44. The Balaban J connectivity index is 3.25. The van der Waals surface area contributed by atoms with Crippen molar-refractivity contribution in [2.45, 2.75) is 130 Å². The molecule has 0 aliphatic rings. The Bertz CT molecular complexity index is 381. The van der Waals surface area contributed by atoms with Gasteiger partial charge < -0.3 is 9.47 Å². The van der Waals surface area contributed by atoms with E-state index in [1.54, 1.807) is 0 Å². The van der Waals surface area contributed by atoms with Crippen molar-refractivity contribution in [1.29, 1.82) is 0 Å². The Morgan fingerprint density at radius 1 is 0.586 bits per heavy atom. The molecule has 0 aromatic rings. The van der Waals surface area contributed by atoms with E-state index >= 15 is 0 Å². The smallest absolute Gasteiger partial charge is 0.305 e. The molecular formula is C25H48O4. The molecule has 1 unspecified atom stereocenters. The standard InChI is InChI=1S/C25H48O4/c1-4-21-28-24(26)18-16-14-12-10-8-6-7-9-11-13-15-17-23(3)19-20-25(27)29-22-5-2/h23H,4-22H2,1-3H3. The molecule has 0 rings (SSSR count). The summed E-state index contributed by atoms with van der Waals surface area (Å²) >= 11 is 0. The summed E-state index contributed by atoms with van der Waals surface area (Å²) in [5, 5.41) is 0. The summed E-state index contributed by atoms with van der Waals surface area (Å²) < 4.78 is 10.2. The molecule has 0 fully saturated rings. The van der Waals surface area contributed by atoms with Gasteiger partial charge in [0.2, 0.25) is 0 Å². The first-order valence-electron chi connectivity index (χ1n) is 12.4. The van der Waals surface area contributed by atoms with Crippen LogP contribution in [0.25, 0.3) is 0 Å². The van der Waals surface area contributed by atoms with Crippen LogP contribution < -0.4 is 0 Å². The third-order valence-corrected chi connectivity index (χ3v) is 5.35. The van der Waals surface area contributed by atoms with Crippen LogP contribution in [0.5, 0.6) is 0 Å². The van der Waals surface area contributed by atoms with Crippen LogP contribution in [-0.2, 0) is 19.1 Å². The van der Waals surface area contributed by atoms with E-state index in [4.69, 9.17) is 9.47 Å². The second-order valence-electron chi connectivity index (χ2n) is 8.51. The maximum Gasteiger partial charge on any atom is 0.305 e. The first-order valence-corrected chi connectivity index (χ1v) is 12.4. The Morgan fingerprint density at radius 2 is 1.00 bits per heavy atom. The van der Waals surface area contributed by atoms with Crippen molar-refractivity contribution >= 4 is 11.9 Å². The zero-order valence-corrected chi connectivity index (χ0v) is 19.6. The normalized spacial score (nSPS) is 12.0. The van der Waals surface area contributed by atoms with Gasteiger partial charge >= 0.3 is 11.9 Å². The van der Waals surface area contributed by atoms with Crippen LogP contribution >= 0.6 is 0 Å². The summed E-state index contributed by atoms with van der Waals surface area (Å²) in [6, 6.07) is 0. The molecule has 0 aliphatic carbocycles. The highest BCUT2D eigenvalue weighted by atomic mass is 16.5. The van der Waals surface area contributed by atoms with Gasteiger partial charge in [0.1, 0.15) is 0 Å². The van der Waals surface area contributed by atoms with E-state index in [9.17, 15) is 9.59 Å². The number of carbonyl (C=O) groups excluding carboxylic acids is 2. The van der Waals surface area contributed by atoms with E-state index in [0.717, 1.165) is 32.1 Å². The quantitative estimate of drug-likeness (QED) is 0.146. The molecule has 0 radical (unpaired) electrons. The van der Waals surface area contributed by atoms with E-state index in [0.29, 0.717) is 32.0 Å². The first-order chi connectivity index (χ1) is 14.1.